The first-order valence-electron chi connectivity index (χ1n) is 7.31. The molecule has 0 radical (unpaired) electrons. The molecule has 0 aliphatic carbocycles. The number of aromatic nitrogens is 1. The molecule has 3 nitrogen and oxygen atoms in total. The van der Waals surface area contributed by atoms with E-state index in [4.69, 9.17) is 4.98 Å². The Morgan fingerprint density at radius 1 is 1.37 bits per heavy atom. The fourth-order valence-corrected chi connectivity index (χ4v) is 4.18. The largest absolute Gasteiger partial charge is 0.391 e. The molecule has 4 heteroatoms. The number of nitrogens with zero attached hydrogens (tertiary/aromatic N) is 2. The Labute approximate surface area is 120 Å². The third kappa shape index (κ3) is 2.95. The van der Waals surface area contributed by atoms with Gasteiger partial charge in [0.2, 0.25) is 0 Å². The lowest BCUT2D eigenvalue weighted by atomic mass is 9.86. The van der Waals surface area contributed by atoms with Gasteiger partial charge in [0, 0.05) is 12.6 Å². The number of thiazole rings is 1. The van der Waals surface area contributed by atoms with Gasteiger partial charge >= 0.3 is 0 Å². The highest BCUT2D eigenvalue weighted by Crippen LogP contribution is 2.36. The van der Waals surface area contributed by atoms with Crippen molar-refractivity contribution in [1.82, 2.24) is 4.98 Å². The van der Waals surface area contributed by atoms with Gasteiger partial charge in [0.1, 0.15) is 0 Å². The maximum atomic E-state index is 9.50. The van der Waals surface area contributed by atoms with Gasteiger partial charge in [-0.05, 0) is 31.1 Å². The van der Waals surface area contributed by atoms with Crippen molar-refractivity contribution < 1.29 is 5.11 Å². The van der Waals surface area contributed by atoms with Crippen LogP contribution in [0.4, 0.5) is 5.13 Å². The molecule has 0 bridgehead atoms. The molecule has 0 aromatic carbocycles. The van der Waals surface area contributed by atoms with E-state index in [9.17, 15) is 5.11 Å². The van der Waals surface area contributed by atoms with Gasteiger partial charge in [-0.15, -0.1) is 0 Å². The fourth-order valence-electron chi connectivity index (χ4n) is 3.01. The van der Waals surface area contributed by atoms with E-state index in [1.165, 1.54) is 6.42 Å². The number of anilines is 1. The monoisotopic (exact) mass is 282 g/mol. The summed E-state index contributed by atoms with van der Waals surface area (Å²) in [7, 11) is 0. The molecule has 2 rings (SSSR count). The van der Waals surface area contributed by atoms with Crippen LogP contribution in [0.2, 0.25) is 0 Å². The number of hydrogen-bond acceptors (Lipinski definition) is 4. The summed E-state index contributed by atoms with van der Waals surface area (Å²) in [5, 5.41) is 10.6. The third-order valence-corrected chi connectivity index (χ3v) is 5.34. The van der Waals surface area contributed by atoms with Crippen molar-refractivity contribution in [2.24, 2.45) is 11.8 Å². The second-order valence-corrected chi connectivity index (χ2v) is 7.39. The standard InChI is InChI=1S/C15H26N2OS/c1-9(2)14-13(8-18)19-15(16-14)17-7-10(3)6-11(4)12(17)5/h9-12,18H,6-8H2,1-5H3. The zero-order valence-corrected chi connectivity index (χ0v) is 13.5. The third-order valence-electron chi connectivity index (χ3n) is 4.25. The normalized spacial score (nSPS) is 28.2. The Kier molecular flexibility index (Phi) is 4.51. The van der Waals surface area contributed by atoms with Crippen LogP contribution in [0.3, 0.4) is 0 Å². The Bertz CT molecular complexity index is 430. The molecular weight excluding hydrogens is 256 g/mol. The van der Waals surface area contributed by atoms with Gasteiger partial charge in [-0.2, -0.15) is 0 Å². The first kappa shape index (κ1) is 14.8. The molecule has 1 aliphatic rings. The number of rotatable bonds is 3. The summed E-state index contributed by atoms with van der Waals surface area (Å²) in [6.07, 6.45) is 1.30. The van der Waals surface area contributed by atoms with Crippen molar-refractivity contribution in [1.29, 1.82) is 0 Å². The minimum atomic E-state index is 0.110. The Morgan fingerprint density at radius 3 is 2.58 bits per heavy atom. The fraction of sp³-hybridized carbons (Fsp3) is 0.800. The zero-order valence-electron chi connectivity index (χ0n) is 12.7. The lowest BCUT2D eigenvalue weighted by Gasteiger charge is -2.41. The molecule has 3 unspecified atom stereocenters. The van der Waals surface area contributed by atoms with Crippen molar-refractivity contribution in [3.8, 4) is 0 Å². The highest BCUT2D eigenvalue weighted by molar-refractivity contribution is 7.15. The number of aliphatic hydroxyl groups is 1. The van der Waals surface area contributed by atoms with Crippen LogP contribution in [0.15, 0.2) is 0 Å². The van der Waals surface area contributed by atoms with Gasteiger partial charge in [0.25, 0.3) is 0 Å². The van der Waals surface area contributed by atoms with Gasteiger partial charge in [-0.1, -0.05) is 39.0 Å². The van der Waals surface area contributed by atoms with Gasteiger partial charge in [0.15, 0.2) is 5.13 Å². The van der Waals surface area contributed by atoms with Crippen LogP contribution in [-0.2, 0) is 6.61 Å². The number of aliphatic hydroxyl groups excluding tert-OH is 1. The van der Waals surface area contributed by atoms with Crippen LogP contribution in [0.1, 0.15) is 57.5 Å². The summed E-state index contributed by atoms with van der Waals surface area (Å²) in [5.74, 6) is 1.80. The van der Waals surface area contributed by atoms with Gasteiger partial charge < -0.3 is 10.0 Å². The SMILES string of the molecule is CC1CC(C)C(C)N(c2nc(C(C)C)c(CO)s2)C1. The minimum absolute atomic E-state index is 0.110. The van der Waals surface area contributed by atoms with E-state index in [0.29, 0.717) is 17.9 Å². The van der Waals surface area contributed by atoms with Crippen LogP contribution in [0.5, 0.6) is 0 Å². The van der Waals surface area contributed by atoms with Crippen LogP contribution in [0, 0.1) is 11.8 Å². The van der Waals surface area contributed by atoms with Crippen LogP contribution in [0.25, 0.3) is 0 Å². The average molecular weight is 282 g/mol. The summed E-state index contributed by atoms with van der Waals surface area (Å²) >= 11 is 1.67. The first-order valence-corrected chi connectivity index (χ1v) is 8.12. The van der Waals surface area contributed by atoms with Gasteiger partial charge in [-0.3, -0.25) is 0 Å². The summed E-state index contributed by atoms with van der Waals surface area (Å²) in [6.45, 7) is 12.4. The molecule has 1 aromatic heterocycles. The molecule has 108 valence electrons. The molecule has 1 aliphatic heterocycles. The van der Waals surface area contributed by atoms with Crippen molar-refractivity contribution in [2.45, 2.75) is 59.6 Å². The molecule has 0 spiro atoms. The van der Waals surface area contributed by atoms with Crippen molar-refractivity contribution in [3.05, 3.63) is 10.6 Å². The predicted molar refractivity (Wildman–Crippen MR) is 81.9 cm³/mol. The smallest absolute Gasteiger partial charge is 0.186 e. The lowest BCUT2D eigenvalue weighted by Crippen LogP contribution is -2.45. The molecule has 1 N–H and O–H groups in total. The van der Waals surface area contributed by atoms with E-state index in [-0.39, 0.29) is 6.61 Å². The Morgan fingerprint density at radius 2 is 2.05 bits per heavy atom. The first-order chi connectivity index (χ1) is 8.93. The molecule has 2 heterocycles. The van der Waals surface area contributed by atoms with E-state index < -0.39 is 0 Å². The average Bonchev–Trinajstić information content (AvgIpc) is 2.77. The summed E-state index contributed by atoms with van der Waals surface area (Å²) < 4.78 is 0. The molecule has 19 heavy (non-hydrogen) atoms. The van der Waals surface area contributed by atoms with E-state index in [1.54, 1.807) is 11.3 Å². The minimum Gasteiger partial charge on any atom is -0.391 e. The quantitative estimate of drug-likeness (QED) is 0.919. The van der Waals surface area contributed by atoms with E-state index in [2.05, 4.69) is 39.5 Å². The second-order valence-electron chi connectivity index (χ2n) is 6.33. The summed E-state index contributed by atoms with van der Waals surface area (Å²) in [5.41, 5.74) is 1.07. The van der Waals surface area contributed by atoms with Gasteiger partial charge in [0.05, 0.1) is 17.2 Å². The number of piperidine rings is 1. The van der Waals surface area contributed by atoms with Crippen molar-refractivity contribution in [3.63, 3.8) is 0 Å². The van der Waals surface area contributed by atoms with Gasteiger partial charge in [-0.25, -0.2) is 4.98 Å². The molecule has 3 atom stereocenters. The highest BCUT2D eigenvalue weighted by Gasteiger charge is 2.31. The highest BCUT2D eigenvalue weighted by atomic mass is 32.1. The maximum Gasteiger partial charge on any atom is 0.186 e. The van der Waals surface area contributed by atoms with E-state index in [0.717, 1.165) is 28.2 Å². The molecule has 0 amide bonds. The van der Waals surface area contributed by atoms with Crippen molar-refractivity contribution >= 4 is 16.5 Å². The summed E-state index contributed by atoms with van der Waals surface area (Å²) in [4.78, 5) is 8.28. The topological polar surface area (TPSA) is 36.4 Å². The second kappa shape index (κ2) is 5.80. The molecule has 1 saturated heterocycles. The lowest BCUT2D eigenvalue weighted by molar-refractivity contribution is 0.283. The molecule has 0 saturated carbocycles. The van der Waals surface area contributed by atoms with Crippen LogP contribution in [-0.4, -0.2) is 22.7 Å². The summed E-state index contributed by atoms with van der Waals surface area (Å²) in [6, 6.07) is 0.536. The molecule has 1 fully saturated rings. The van der Waals surface area contributed by atoms with Crippen molar-refractivity contribution in [2.75, 3.05) is 11.4 Å². The molecule has 1 aromatic rings. The maximum absolute atomic E-state index is 9.50. The van der Waals surface area contributed by atoms with E-state index >= 15 is 0 Å². The van der Waals surface area contributed by atoms with E-state index in [1.807, 2.05) is 0 Å². The van der Waals surface area contributed by atoms with Crippen LogP contribution < -0.4 is 4.90 Å². The molecular formula is C15H26N2OS. The van der Waals surface area contributed by atoms with Crippen LogP contribution >= 0.6 is 11.3 Å². The Balaban J connectivity index is 2.30. The Hall–Kier alpha value is -0.610. The zero-order chi connectivity index (χ0) is 14.2. The predicted octanol–water partition coefficient (Wildman–Crippen LogP) is 3.63. The number of hydrogen-bond donors (Lipinski definition) is 1.